The van der Waals surface area contributed by atoms with Crippen LogP contribution in [0.5, 0.6) is 5.88 Å². The number of halogens is 2. The summed E-state index contributed by atoms with van der Waals surface area (Å²) in [5.74, 6) is 0.612. The van der Waals surface area contributed by atoms with Gasteiger partial charge in [0.05, 0.1) is 23.8 Å². The Bertz CT molecular complexity index is 941. The summed E-state index contributed by atoms with van der Waals surface area (Å²) in [4.78, 5) is 30.4. The molecule has 1 aliphatic rings. The molecule has 162 valence electrons. The summed E-state index contributed by atoms with van der Waals surface area (Å²) in [5.41, 5.74) is 0.293. The molecule has 0 radical (unpaired) electrons. The van der Waals surface area contributed by atoms with Gasteiger partial charge in [-0.2, -0.15) is 4.98 Å². The van der Waals surface area contributed by atoms with Crippen molar-refractivity contribution in [2.45, 2.75) is 58.0 Å². The molecule has 0 aromatic carbocycles. The number of nitrogens with one attached hydrogen (secondary N) is 1. The molecule has 10 nitrogen and oxygen atoms in total. The summed E-state index contributed by atoms with van der Waals surface area (Å²) in [6, 6.07) is -0.135. The lowest BCUT2D eigenvalue weighted by Crippen LogP contribution is -2.20. The maximum atomic E-state index is 11.6. The van der Waals surface area contributed by atoms with E-state index >= 15 is 0 Å². The molecule has 1 N–H and O–H groups in total. The topological polar surface area (TPSA) is 125 Å². The normalized spacial score (nSPS) is 15.8. The summed E-state index contributed by atoms with van der Waals surface area (Å²) in [7, 11) is 0. The summed E-state index contributed by atoms with van der Waals surface area (Å²) in [6.07, 6.45) is 4.10. The average molecular weight is 457 g/mol. The molecule has 12 heteroatoms. The van der Waals surface area contributed by atoms with Crippen LogP contribution in [0.4, 0.5) is 11.5 Å². The molecular weight excluding hydrogens is 435 g/mol. The van der Waals surface area contributed by atoms with Crippen molar-refractivity contribution in [2.75, 3.05) is 11.9 Å². The highest BCUT2D eigenvalue weighted by molar-refractivity contribution is 6.33. The first kappa shape index (κ1) is 22.2. The van der Waals surface area contributed by atoms with E-state index in [4.69, 9.17) is 27.9 Å². The minimum atomic E-state index is -0.480. The second-order valence-electron chi connectivity index (χ2n) is 7.23. The van der Waals surface area contributed by atoms with Gasteiger partial charge < -0.3 is 10.1 Å². The standard InChI is InChI=1S/C18H22Cl2N6O4/c1-10(22-16-14(19)9-21-18(20)23-16)7-8-30-17-15(26(28)29)11(2)25(24-17)12-3-5-13(27)6-4-12/h9-10,12H,3-8H2,1-2H3,(H,21,22,23). The van der Waals surface area contributed by atoms with Gasteiger partial charge in [0.15, 0.2) is 0 Å². The smallest absolute Gasteiger partial charge is 0.352 e. The van der Waals surface area contributed by atoms with E-state index in [0.29, 0.717) is 48.6 Å². The van der Waals surface area contributed by atoms with Gasteiger partial charge in [0.2, 0.25) is 5.28 Å². The Labute approximate surface area is 183 Å². The summed E-state index contributed by atoms with van der Waals surface area (Å²) in [5, 5.41) is 19.4. The molecule has 0 spiro atoms. The molecule has 0 saturated heterocycles. The van der Waals surface area contributed by atoms with Gasteiger partial charge in [-0.25, -0.2) is 4.98 Å². The first-order valence-corrected chi connectivity index (χ1v) is 10.3. The number of carbonyl (C=O) groups excluding carboxylic acids is 1. The van der Waals surface area contributed by atoms with Gasteiger partial charge in [0.25, 0.3) is 0 Å². The zero-order valence-corrected chi connectivity index (χ0v) is 18.1. The molecule has 2 heterocycles. The van der Waals surface area contributed by atoms with E-state index in [1.54, 1.807) is 11.6 Å². The third kappa shape index (κ3) is 5.17. The van der Waals surface area contributed by atoms with Crippen molar-refractivity contribution in [2.24, 2.45) is 0 Å². The number of nitro groups is 1. The van der Waals surface area contributed by atoms with Gasteiger partial charge in [0.1, 0.15) is 22.3 Å². The average Bonchev–Trinajstić information content (AvgIpc) is 3.01. The third-order valence-corrected chi connectivity index (χ3v) is 5.47. The number of aromatic nitrogens is 4. The molecule has 1 atom stereocenters. The predicted octanol–water partition coefficient (Wildman–Crippen LogP) is 4.15. The Hall–Kier alpha value is -2.46. The largest absolute Gasteiger partial charge is 0.472 e. The fourth-order valence-electron chi connectivity index (χ4n) is 3.40. The molecule has 1 fully saturated rings. The fourth-order valence-corrected chi connectivity index (χ4v) is 3.68. The monoisotopic (exact) mass is 456 g/mol. The number of rotatable bonds is 8. The lowest BCUT2D eigenvalue weighted by Gasteiger charge is -2.22. The van der Waals surface area contributed by atoms with Crippen molar-refractivity contribution in [1.82, 2.24) is 19.7 Å². The van der Waals surface area contributed by atoms with Crippen LogP contribution >= 0.6 is 23.2 Å². The van der Waals surface area contributed by atoms with Crippen LogP contribution in [0.25, 0.3) is 0 Å². The minimum Gasteiger partial charge on any atom is -0.472 e. The van der Waals surface area contributed by atoms with Gasteiger partial charge in [-0.3, -0.25) is 19.6 Å². The van der Waals surface area contributed by atoms with Crippen LogP contribution in [0.3, 0.4) is 0 Å². The van der Waals surface area contributed by atoms with E-state index in [1.807, 2.05) is 6.92 Å². The number of Topliss-reactive ketones (excluding diaryl/α,β-unsaturated/α-hetero) is 1. The molecule has 0 aliphatic heterocycles. The van der Waals surface area contributed by atoms with Gasteiger partial charge in [-0.1, -0.05) is 11.6 Å². The van der Waals surface area contributed by atoms with Gasteiger partial charge in [-0.15, -0.1) is 5.10 Å². The Morgan fingerprint density at radius 1 is 1.40 bits per heavy atom. The third-order valence-electron chi connectivity index (χ3n) is 5.02. The highest BCUT2D eigenvalue weighted by Crippen LogP contribution is 2.35. The van der Waals surface area contributed by atoms with Crippen molar-refractivity contribution >= 4 is 40.5 Å². The Morgan fingerprint density at radius 2 is 2.10 bits per heavy atom. The number of hydrogen-bond donors (Lipinski definition) is 1. The number of anilines is 1. The lowest BCUT2D eigenvalue weighted by molar-refractivity contribution is -0.386. The van der Waals surface area contributed by atoms with Crippen LogP contribution in [0, 0.1) is 17.0 Å². The lowest BCUT2D eigenvalue weighted by atomic mass is 9.94. The molecule has 1 aliphatic carbocycles. The highest BCUT2D eigenvalue weighted by atomic mass is 35.5. The predicted molar refractivity (Wildman–Crippen MR) is 111 cm³/mol. The van der Waals surface area contributed by atoms with E-state index in [9.17, 15) is 14.9 Å². The SMILES string of the molecule is Cc1c([N+](=O)[O-])c(OCCC(C)Nc2nc(Cl)ncc2Cl)nn1C1CCC(=O)CC1. The van der Waals surface area contributed by atoms with Crippen LogP contribution in [0.1, 0.15) is 50.8 Å². The molecule has 3 rings (SSSR count). The molecule has 2 aromatic rings. The van der Waals surface area contributed by atoms with Crippen LogP contribution in [0.15, 0.2) is 6.20 Å². The number of nitrogens with zero attached hydrogens (tertiary/aromatic N) is 5. The van der Waals surface area contributed by atoms with Crippen LogP contribution < -0.4 is 10.1 Å². The number of ketones is 1. The van der Waals surface area contributed by atoms with Crippen molar-refractivity contribution < 1.29 is 14.5 Å². The summed E-state index contributed by atoms with van der Waals surface area (Å²) in [6.45, 7) is 3.75. The number of ether oxygens (including phenoxy) is 1. The maximum Gasteiger partial charge on any atom is 0.352 e. The van der Waals surface area contributed by atoms with Crippen LogP contribution in [-0.4, -0.2) is 43.1 Å². The fraction of sp³-hybridized carbons (Fsp3) is 0.556. The molecular formula is C18H22Cl2N6O4. The second kappa shape index (κ2) is 9.57. The summed E-state index contributed by atoms with van der Waals surface area (Å²) < 4.78 is 7.29. The number of carbonyl (C=O) groups is 1. The molecule has 0 bridgehead atoms. The molecule has 0 amide bonds. The van der Waals surface area contributed by atoms with E-state index in [0.717, 1.165) is 0 Å². The Kier molecular flexibility index (Phi) is 7.09. The van der Waals surface area contributed by atoms with Gasteiger partial charge in [0, 0.05) is 25.3 Å². The van der Waals surface area contributed by atoms with E-state index in [-0.39, 0.29) is 41.3 Å². The molecule has 30 heavy (non-hydrogen) atoms. The zero-order chi connectivity index (χ0) is 21.8. The van der Waals surface area contributed by atoms with E-state index in [2.05, 4.69) is 20.4 Å². The van der Waals surface area contributed by atoms with E-state index < -0.39 is 4.92 Å². The number of hydrogen-bond acceptors (Lipinski definition) is 8. The van der Waals surface area contributed by atoms with Crippen molar-refractivity contribution in [3.05, 3.63) is 32.3 Å². The molecule has 2 aromatic heterocycles. The summed E-state index contributed by atoms with van der Waals surface area (Å²) >= 11 is 11.8. The van der Waals surface area contributed by atoms with Crippen molar-refractivity contribution in [3.63, 3.8) is 0 Å². The second-order valence-corrected chi connectivity index (χ2v) is 7.97. The minimum absolute atomic E-state index is 0.00953. The van der Waals surface area contributed by atoms with E-state index in [1.165, 1.54) is 6.20 Å². The van der Waals surface area contributed by atoms with Crippen LogP contribution in [0.2, 0.25) is 10.3 Å². The molecule has 1 saturated carbocycles. The Morgan fingerprint density at radius 3 is 2.77 bits per heavy atom. The van der Waals surface area contributed by atoms with Crippen LogP contribution in [-0.2, 0) is 4.79 Å². The Balaban J connectivity index is 1.64. The van der Waals surface area contributed by atoms with Gasteiger partial charge in [-0.05, 0) is 38.3 Å². The first-order chi connectivity index (χ1) is 14.3. The molecule has 1 unspecified atom stereocenters. The van der Waals surface area contributed by atoms with Gasteiger partial charge >= 0.3 is 11.6 Å². The van der Waals surface area contributed by atoms with Crippen molar-refractivity contribution in [3.8, 4) is 5.88 Å². The highest BCUT2D eigenvalue weighted by Gasteiger charge is 2.31. The van der Waals surface area contributed by atoms with Crippen molar-refractivity contribution in [1.29, 1.82) is 0 Å². The quantitative estimate of drug-likeness (QED) is 0.356. The zero-order valence-electron chi connectivity index (χ0n) is 16.6. The maximum absolute atomic E-state index is 11.6. The first-order valence-electron chi connectivity index (χ1n) is 9.58.